The lowest BCUT2D eigenvalue weighted by Crippen LogP contribution is -2.48. The van der Waals surface area contributed by atoms with Gasteiger partial charge in [-0.1, -0.05) is 0 Å². The van der Waals surface area contributed by atoms with Gasteiger partial charge in [0.25, 0.3) is 0 Å². The Labute approximate surface area is 126 Å². The Hall–Kier alpha value is -1.63. The van der Waals surface area contributed by atoms with E-state index in [0.29, 0.717) is 12.7 Å². The van der Waals surface area contributed by atoms with Gasteiger partial charge in [-0.25, -0.2) is 9.59 Å². The summed E-state index contributed by atoms with van der Waals surface area (Å²) < 4.78 is 5.30. The molecule has 2 amide bonds. The van der Waals surface area contributed by atoms with Gasteiger partial charge in [0.1, 0.15) is 17.9 Å². The number of unbranched alkanes of at least 4 members (excludes halogenated alkanes) is 1. The van der Waals surface area contributed by atoms with E-state index in [1.807, 2.05) is 7.05 Å². The number of urea groups is 1. The Balaban J connectivity index is 4.48. The number of hydrogen-bond acceptors (Lipinski definition) is 5. The molecule has 0 aliphatic heterocycles. The Bertz CT molecular complexity index is 340. The number of rotatable bonds is 9. The van der Waals surface area contributed by atoms with Crippen molar-refractivity contribution in [1.29, 1.82) is 0 Å². The van der Waals surface area contributed by atoms with Crippen molar-refractivity contribution in [3.63, 3.8) is 0 Å². The van der Waals surface area contributed by atoms with Gasteiger partial charge >= 0.3 is 12.0 Å². The Kier molecular flexibility index (Phi) is 9.36. The monoisotopic (exact) mass is 301 g/mol. The van der Waals surface area contributed by atoms with Gasteiger partial charge in [-0.2, -0.15) is 0 Å². The zero-order valence-corrected chi connectivity index (χ0v) is 13.3. The van der Waals surface area contributed by atoms with Gasteiger partial charge in [0.2, 0.25) is 0 Å². The Morgan fingerprint density at radius 2 is 1.90 bits per heavy atom. The number of nitrogens with one attached hydrogen (secondary N) is 3. The highest BCUT2D eigenvalue weighted by atomic mass is 16.6. The molecule has 0 saturated heterocycles. The predicted octanol–water partition coefficient (Wildman–Crippen LogP) is 0.585. The fourth-order valence-electron chi connectivity index (χ4n) is 1.62. The summed E-state index contributed by atoms with van der Waals surface area (Å²) in [5.41, 5.74) is -0.610. The molecule has 0 aliphatic rings. The quantitative estimate of drug-likeness (QED) is 0.329. The van der Waals surface area contributed by atoms with Gasteiger partial charge in [0, 0.05) is 0 Å². The van der Waals surface area contributed by atoms with Crippen molar-refractivity contribution in [3.8, 4) is 0 Å². The Morgan fingerprint density at radius 1 is 1.24 bits per heavy atom. The number of ether oxygens (including phenoxy) is 1. The standard InChI is InChI=1S/C14H27N3O4/c1-14(2,3)21-12(19)11(7-5-6-8-15-4)17-13(20)16-9-10-18/h10-11,15H,5-9H2,1-4H3,(H2,16,17,20). The predicted molar refractivity (Wildman–Crippen MR) is 80.0 cm³/mol. The lowest BCUT2D eigenvalue weighted by Gasteiger charge is -2.24. The first kappa shape index (κ1) is 19.4. The van der Waals surface area contributed by atoms with Gasteiger partial charge in [-0.3, -0.25) is 0 Å². The fraction of sp³-hybridized carbons (Fsp3) is 0.786. The zero-order valence-electron chi connectivity index (χ0n) is 13.3. The summed E-state index contributed by atoms with van der Waals surface area (Å²) in [5.74, 6) is -0.465. The van der Waals surface area contributed by atoms with Gasteiger partial charge < -0.3 is 25.5 Å². The zero-order chi connectivity index (χ0) is 16.3. The molecule has 0 aromatic heterocycles. The van der Waals surface area contributed by atoms with E-state index >= 15 is 0 Å². The molecule has 0 aliphatic carbocycles. The molecule has 0 aromatic rings. The minimum absolute atomic E-state index is 0.0906. The van der Waals surface area contributed by atoms with Crippen LogP contribution in [0.15, 0.2) is 0 Å². The molecule has 122 valence electrons. The molecule has 0 saturated carbocycles. The Morgan fingerprint density at radius 3 is 2.43 bits per heavy atom. The second kappa shape index (κ2) is 10.1. The highest BCUT2D eigenvalue weighted by Gasteiger charge is 2.26. The van der Waals surface area contributed by atoms with E-state index in [9.17, 15) is 14.4 Å². The summed E-state index contributed by atoms with van der Waals surface area (Å²) >= 11 is 0. The van der Waals surface area contributed by atoms with Crippen molar-refractivity contribution >= 4 is 18.3 Å². The molecule has 1 atom stereocenters. The molecule has 0 spiro atoms. The van der Waals surface area contributed by atoms with Crippen LogP contribution in [-0.4, -0.2) is 50.1 Å². The van der Waals surface area contributed by atoms with Gasteiger partial charge in [0.05, 0.1) is 6.54 Å². The van der Waals surface area contributed by atoms with Crippen LogP contribution in [0, 0.1) is 0 Å². The third-order valence-electron chi connectivity index (χ3n) is 2.51. The van der Waals surface area contributed by atoms with Crippen molar-refractivity contribution in [2.24, 2.45) is 0 Å². The SMILES string of the molecule is CNCCCCC(NC(=O)NCC=O)C(=O)OC(C)(C)C. The molecule has 0 rings (SSSR count). The van der Waals surface area contributed by atoms with Crippen LogP contribution in [0.5, 0.6) is 0 Å². The fourth-order valence-corrected chi connectivity index (χ4v) is 1.62. The first-order valence-corrected chi connectivity index (χ1v) is 7.15. The van der Waals surface area contributed by atoms with E-state index in [4.69, 9.17) is 4.74 Å². The number of amides is 2. The van der Waals surface area contributed by atoms with Crippen LogP contribution in [0.1, 0.15) is 40.0 Å². The van der Waals surface area contributed by atoms with Crippen molar-refractivity contribution in [3.05, 3.63) is 0 Å². The summed E-state index contributed by atoms with van der Waals surface area (Å²) in [6.45, 7) is 6.07. The molecule has 7 heteroatoms. The van der Waals surface area contributed by atoms with E-state index < -0.39 is 23.6 Å². The summed E-state index contributed by atoms with van der Waals surface area (Å²) in [6.07, 6.45) is 2.74. The molecule has 1 unspecified atom stereocenters. The van der Waals surface area contributed by atoms with E-state index in [1.165, 1.54) is 0 Å². The second-order valence-corrected chi connectivity index (χ2v) is 5.71. The summed E-state index contributed by atoms with van der Waals surface area (Å²) in [5, 5.41) is 7.91. The highest BCUT2D eigenvalue weighted by Crippen LogP contribution is 2.11. The minimum Gasteiger partial charge on any atom is -0.458 e. The van der Waals surface area contributed by atoms with Gasteiger partial charge in [-0.05, 0) is 53.6 Å². The van der Waals surface area contributed by atoms with E-state index in [-0.39, 0.29) is 6.54 Å². The molecular formula is C14H27N3O4. The largest absolute Gasteiger partial charge is 0.458 e. The summed E-state index contributed by atoms with van der Waals surface area (Å²) in [4.78, 5) is 33.9. The molecule has 0 fully saturated rings. The molecule has 21 heavy (non-hydrogen) atoms. The average Bonchev–Trinajstić information content (AvgIpc) is 2.37. The smallest absolute Gasteiger partial charge is 0.329 e. The normalized spacial score (nSPS) is 12.4. The molecule has 0 radical (unpaired) electrons. The lowest BCUT2D eigenvalue weighted by molar-refractivity contribution is -0.157. The summed E-state index contributed by atoms with van der Waals surface area (Å²) in [7, 11) is 1.86. The minimum atomic E-state index is -0.715. The van der Waals surface area contributed by atoms with E-state index in [0.717, 1.165) is 19.4 Å². The maximum Gasteiger partial charge on any atom is 0.329 e. The number of esters is 1. The molecule has 3 N–H and O–H groups in total. The van der Waals surface area contributed by atoms with Crippen LogP contribution in [0.2, 0.25) is 0 Å². The van der Waals surface area contributed by atoms with E-state index in [2.05, 4.69) is 16.0 Å². The molecule has 0 bridgehead atoms. The molecule has 0 heterocycles. The highest BCUT2D eigenvalue weighted by molar-refractivity contribution is 5.84. The molecule has 0 aromatic carbocycles. The number of carbonyl (C=O) groups is 3. The molecule has 7 nitrogen and oxygen atoms in total. The van der Waals surface area contributed by atoms with Crippen LogP contribution in [-0.2, 0) is 14.3 Å². The van der Waals surface area contributed by atoms with Crippen LogP contribution in [0.4, 0.5) is 4.79 Å². The van der Waals surface area contributed by atoms with Crippen molar-refractivity contribution in [2.75, 3.05) is 20.1 Å². The average molecular weight is 301 g/mol. The van der Waals surface area contributed by atoms with Crippen LogP contribution >= 0.6 is 0 Å². The third-order valence-corrected chi connectivity index (χ3v) is 2.51. The van der Waals surface area contributed by atoms with Gasteiger partial charge in [-0.15, -0.1) is 0 Å². The van der Waals surface area contributed by atoms with Crippen molar-refractivity contribution in [1.82, 2.24) is 16.0 Å². The maximum absolute atomic E-state index is 12.1. The van der Waals surface area contributed by atoms with Crippen LogP contribution < -0.4 is 16.0 Å². The first-order chi connectivity index (χ1) is 9.80. The summed E-state index contributed by atoms with van der Waals surface area (Å²) in [6, 6.07) is -1.26. The number of hydrogen-bond donors (Lipinski definition) is 3. The number of carbonyl (C=O) groups excluding carboxylic acids is 3. The third kappa shape index (κ3) is 10.8. The van der Waals surface area contributed by atoms with Crippen LogP contribution in [0.25, 0.3) is 0 Å². The van der Waals surface area contributed by atoms with Crippen LogP contribution in [0.3, 0.4) is 0 Å². The van der Waals surface area contributed by atoms with Gasteiger partial charge in [0.15, 0.2) is 0 Å². The molecular weight excluding hydrogens is 274 g/mol. The maximum atomic E-state index is 12.1. The second-order valence-electron chi connectivity index (χ2n) is 5.71. The van der Waals surface area contributed by atoms with Crippen molar-refractivity contribution in [2.45, 2.75) is 51.7 Å². The lowest BCUT2D eigenvalue weighted by atomic mass is 10.1. The van der Waals surface area contributed by atoms with Crippen molar-refractivity contribution < 1.29 is 19.1 Å². The van der Waals surface area contributed by atoms with E-state index in [1.54, 1.807) is 20.8 Å². The number of aldehydes is 1. The topological polar surface area (TPSA) is 96.5 Å². The first-order valence-electron chi connectivity index (χ1n) is 7.15.